The Balaban J connectivity index is 1.29. The maximum absolute atomic E-state index is 12.8. The predicted molar refractivity (Wildman–Crippen MR) is 119 cm³/mol. The summed E-state index contributed by atoms with van der Waals surface area (Å²) in [5.74, 6) is 1.44. The summed E-state index contributed by atoms with van der Waals surface area (Å²) in [5.41, 5.74) is 0.515. The van der Waals surface area contributed by atoms with Crippen molar-refractivity contribution in [2.24, 2.45) is 12.5 Å². The van der Waals surface area contributed by atoms with Gasteiger partial charge in [0.1, 0.15) is 5.69 Å². The highest BCUT2D eigenvalue weighted by molar-refractivity contribution is 5.92. The van der Waals surface area contributed by atoms with Gasteiger partial charge in [0.15, 0.2) is 0 Å². The van der Waals surface area contributed by atoms with Gasteiger partial charge in [-0.3, -0.25) is 14.5 Å². The molecule has 2 saturated heterocycles. The zero-order valence-electron chi connectivity index (χ0n) is 19.7. The molecule has 2 aromatic heterocycles. The Bertz CT molecular complexity index is 1020. The molecule has 5 rings (SSSR count). The van der Waals surface area contributed by atoms with Gasteiger partial charge in [-0.2, -0.15) is 0 Å². The van der Waals surface area contributed by atoms with Gasteiger partial charge in [-0.15, -0.1) is 10.2 Å². The highest BCUT2D eigenvalue weighted by atomic mass is 16.4. The number of imidazole rings is 1. The fraction of sp³-hybridized carbons (Fsp3) is 0.696. The van der Waals surface area contributed by atoms with Crippen molar-refractivity contribution in [3.8, 4) is 0 Å². The molecule has 10 nitrogen and oxygen atoms in total. The Hall–Kier alpha value is -2.75. The van der Waals surface area contributed by atoms with Crippen LogP contribution in [0.5, 0.6) is 0 Å². The number of nitrogens with one attached hydrogen (secondary N) is 1. The quantitative estimate of drug-likeness (QED) is 0.708. The first-order valence-corrected chi connectivity index (χ1v) is 12.0. The lowest BCUT2D eigenvalue weighted by Crippen LogP contribution is -2.45. The number of hydrogen-bond acceptors (Lipinski definition) is 7. The lowest BCUT2D eigenvalue weighted by atomic mass is 9.76. The number of rotatable bonds is 6. The number of piperidine rings is 1. The molecule has 2 aliphatic heterocycles. The van der Waals surface area contributed by atoms with Gasteiger partial charge in [0.05, 0.1) is 18.9 Å². The van der Waals surface area contributed by atoms with E-state index in [0.717, 1.165) is 38.6 Å². The Labute approximate surface area is 193 Å². The Morgan fingerprint density at radius 1 is 1.24 bits per heavy atom. The van der Waals surface area contributed by atoms with E-state index in [-0.39, 0.29) is 29.2 Å². The van der Waals surface area contributed by atoms with Gasteiger partial charge in [-0.05, 0) is 37.5 Å². The van der Waals surface area contributed by atoms with Crippen LogP contribution in [-0.4, -0.2) is 73.6 Å². The maximum Gasteiger partial charge on any atom is 0.274 e. The zero-order valence-corrected chi connectivity index (χ0v) is 19.7. The van der Waals surface area contributed by atoms with E-state index < -0.39 is 0 Å². The molecule has 1 unspecified atom stereocenters. The van der Waals surface area contributed by atoms with E-state index in [0.29, 0.717) is 43.2 Å². The van der Waals surface area contributed by atoms with E-state index in [2.05, 4.69) is 25.4 Å². The molecule has 10 heteroatoms. The van der Waals surface area contributed by atoms with Crippen LogP contribution >= 0.6 is 0 Å². The summed E-state index contributed by atoms with van der Waals surface area (Å²) in [6.45, 7) is 6.56. The normalized spacial score (nSPS) is 22.9. The topological polar surface area (TPSA) is 109 Å². The third kappa shape index (κ3) is 4.66. The predicted octanol–water partition coefficient (Wildman–Crippen LogP) is 1.87. The van der Waals surface area contributed by atoms with Gasteiger partial charge in [0, 0.05) is 44.8 Å². The standard InChI is InChI=1S/C23H33N7O3/c1-15(2)20-26-27-21(33-20)18-10-23(13-30(18)12-19(31)25-16-4-5-16)6-8-29(9-7-23)22(32)17-11-28(3)14-24-17/h11,14-16,18H,4-10,12-13H2,1-3H3,(H,25,31). The van der Waals surface area contributed by atoms with Crippen LogP contribution in [0.1, 0.15) is 80.2 Å². The first-order chi connectivity index (χ1) is 15.8. The largest absolute Gasteiger partial charge is 0.423 e. The van der Waals surface area contributed by atoms with Crippen LogP contribution in [-0.2, 0) is 11.8 Å². The average molecular weight is 456 g/mol. The summed E-state index contributed by atoms with van der Waals surface area (Å²) in [4.78, 5) is 33.8. The fourth-order valence-corrected chi connectivity index (χ4v) is 5.09. The average Bonchev–Trinajstić information content (AvgIpc) is 3.15. The first-order valence-electron chi connectivity index (χ1n) is 12.0. The summed E-state index contributed by atoms with van der Waals surface area (Å²) in [6, 6.07) is 0.261. The summed E-state index contributed by atoms with van der Waals surface area (Å²) in [5, 5.41) is 11.7. The second-order valence-corrected chi connectivity index (χ2v) is 10.3. The molecule has 0 aromatic carbocycles. The minimum absolute atomic E-state index is 0.0147. The molecule has 33 heavy (non-hydrogen) atoms. The number of carbonyl (C=O) groups excluding carboxylic acids is 2. The van der Waals surface area contributed by atoms with Gasteiger partial charge >= 0.3 is 0 Å². The number of carbonyl (C=O) groups is 2. The Morgan fingerprint density at radius 2 is 2.00 bits per heavy atom. The van der Waals surface area contributed by atoms with Crippen LogP contribution in [0.3, 0.4) is 0 Å². The first kappa shape index (κ1) is 22.1. The fourth-order valence-electron chi connectivity index (χ4n) is 5.09. The van der Waals surface area contributed by atoms with E-state index >= 15 is 0 Å². The lowest BCUT2D eigenvalue weighted by molar-refractivity contribution is -0.122. The van der Waals surface area contributed by atoms with Crippen molar-refractivity contribution < 1.29 is 14.0 Å². The molecule has 3 aliphatic rings. The molecule has 2 amide bonds. The third-order valence-electron chi connectivity index (χ3n) is 7.17. The second kappa shape index (κ2) is 8.55. The highest BCUT2D eigenvalue weighted by Gasteiger charge is 2.49. The van der Waals surface area contributed by atoms with Crippen molar-refractivity contribution in [1.82, 2.24) is 34.9 Å². The van der Waals surface area contributed by atoms with E-state index in [9.17, 15) is 9.59 Å². The van der Waals surface area contributed by atoms with Gasteiger partial charge in [-0.1, -0.05) is 13.8 Å². The molecule has 1 atom stereocenters. The van der Waals surface area contributed by atoms with Crippen LogP contribution < -0.4 is 5.32 Å². The minimum Gasteiger partial charge on any atom is -0.423 e. The van der Waals surface area contributed by atoms with Crippen molar-refractivity contribution >= 4 is 11.8 Å². The second-order valence-electron chi connectivity index (χ2n) is 10.3. The number of likely N-dealkylation sites (tertiary alicyclic amines) is 2. The molecule has 178 valence electrons. The van der Waals surface area contributed by atoms with Crippen molar-refractivity contribution in [1.29, 1.82) is 0 Å². The van der Waals surface area contributed by atoms with Crippen molar-refractivity contribution in [3.63, 3.8) is 0 Å². The van der Waals surface area contributed by atoms with Crippen molar-refractivity contribution in [2.75, 3.05) is 26.2 Å². The number of aryl methyl sites for hydroxylation is 1. The monoisotopic (exact) mass is 455 g/mol. The summed E-state index contributed by atoms with van der Waals surface area (Å²) >= 11 is 0. The molecular weight excluding hydrogens is 422 g/mol. The molecule has 1 N–H and O–H groups in total. The number of nitrogens with zero attached hydrogens (tertiary/aromatic N) is 6. The Morgan fingerprint density at radius 3 is 2.61 bits per heavy atom. The summed E-state index contributed by atoms with van der Waals surface area (Å²) in [6.07, 6.45) is 8.18. The van der Waals surface area contributed by atoms with Crippen molar-refractivity contribution in [3.05, 3.63) is 30.0 Å². The minimum atomic E-state index is -0.0759. The van der Waals surface area contributed by atoms with Crippen LogP contribution in [0, 0.1) is 5.41 Å². The SMILES string of the molecule is CC(C)c1nnc(C2CC3(CCN(C(=O)c4cn(C)cn4)CC3)CN2CC(=O)NC2CC2)o1. The van der Waals surface area contributed by atoms with Gasteiger partial charge in [-0.25, -0.2) is 4.98 Å². The van der Waals surface area contributed by atoms with Crippen LogP contribution in [0.25, 0.3) is 0 Å². The lowest BCUT2D eigenvalue weighted by Gasteiger charge is -2.39. The van der Waals surface area contributed by atoms with Gasteiger partial charge in [0.25, 0.3) is 5.91 Å². The van der Waals surface area contributed by atoms with E-state index in [4.69, 9.17) is 4.42 Å². The van der Waals surface area contributed by atoms with E-state index in [1.807, 2.05) is 25.8 Å². The van der Waals surface area contributed by atoms with Crippen LogP contribution in [0.15, 0.2) is 16.9 Å². The van der Waals surface area contributed by atoms with Gasteiger partial charge < -0.3 is 19.2 Å². The molecule has 2 aromatic rings. The number of amides is 2. The molecule has 4 heterocycles. The molecule has 1 saturated carbocycles. The summed E-state index contributed by atoms with van der Waals surface area (Å²) < 4.78 is 7.81. The van der Waals surface area contributed by atoms with Crippen LogP contribution in [0.4, 0.5) is 0 Å². The smallest absolute Gasteiger partial charge is 0.274 e. The van der Waals surface area contributed by atoms with E-state index in [1.54, 1.807) is 17.1 Å². The molecular formula is C23H33N7O3. The molecule has 3 fully saturated rings. The third-order valence-corrected chi connectivity index (χ3v) is 7.17. The number of hydrogen-bond donors (Lipinski definition) is 1. The molecule has 0 bridgehead atoms. The van der Waals surface area contributed by atoms with Crippen molar-refractivity contribution in [2.45, 2.75) is 64.0 Å². The Kier molecular flexibility index (Phi) is 5.72. The van der Waals surface area contributed by atoms with Gasteiger partial charge in [0.2, 0.25) is 17.7 Å². The maximum atomic E-state index is 12.8. The van der Waals surface area contributed by atoms with E-state index in [1.165, 1.54) is 0 Å². The molecule has 1 aliphatic carbocycles. The zero-order chi connectivity index (χ0) is 23.2. The number of aromatic nitrogens is 4. The van der Waals surface area contributed by atoms with Crippen LogP contribution in [0.2, 0.25) is 0 Å². The molecule has 1 spiro atoms. The summed E-state index contributed by atoms with van der Waals surface area (Å²) in [7, 11) is 1.86. The molecule has 0 radical (unpaired) electrons. The highest BCUT2D eigenvalue weighted by Crippen LogP contribution is 2.48.